The van der Waals surface area contributed by atoms with Gasteiger partial charge in [0.05, 0.1) is 28.9 Å². The van der Waals surface area contributed by atoms with Crippen molar-refractivity contribution >= 4 is 50.4 Å². The van der Waals surface area contributed by atoms with Gasteiger partial charge in [-0.05, 0) is 78.0 Å². The first-order valence-electron chi connectivity index (χ1n) is 9.69. The minimum absolute atomic E-state index is 0.102. The van der Waals surface area contributed by atoms with E-state index in [1.54, 1.807) is 24.7 Å². The molecule has 1 aliphatic rings. The molecule has 0 saturated heterocycles. The molecule has 2 aromatic heterocycles. The first-order valence-corrected chi connectivity index (χ1v) is 11.6. The fourth-order valence-electron chi connectivity index (χ4n) is 3.51. The zero-order chi connectivity index (χ0) is 20.4. The van der Waals surface area contributed by atoms with Gasteiger partial charge in [0.1, 0.15) is 11.2 Å². The second-order valence-electron chi connectivity index (χ2n) is 6.91. The molecule has 0 unspecified atom stereocenters. The molecule has 8 heteroatoms. The summed E-state index contributed by atoms with van der Waals surface area (Å²) in [6, 6.07) is 3.82. The molecule has 6 nitrogen and oxygen atoms in total. The van der Waals surface area contributed by atoms with Gasteiger partial charge < -0.3 is 9.47 Å². The van der Waals surface area contributed by atoms with Crippen molar-refractivity contribution in [2.75, 3.05) is 13.7 Å². The Morgan fingerprint density at radius 1 is 1.34 bits per heavy atom. The molecular formula is C21H22IN3O3S. The molecule has 152 valence electrons. The van der Waals surface area contributed by atoms with Crippen LogP contribution in [0.15, 0.2) is 28.4 Å². The van der Waals surface area contributed by atoms with Gasteiger partial charge in [-0.15, -0.1) is 11.3 Å². The number of ether oxygens (including phenoxy) is 2. The van der Waals surface area contributed by atoms with Crippen molar-refractivity contribution < 1.29 is 9.47 Å². The lowest BCUT2D eigenvalue weighted by Gasteiger charge is -2.12. The van der Waals surface area contributed by atoms with Gasteiger partial charge >= 0.3 is 0 Å². The topological polar surface area (TPSA) is 65.7 Å². The third-order valence-electron chi connectivity index (χ3n) is 4.89. The normalized spacial score (nSPS) is 13.8. The van der Waals surface area contributed by atoms with Crippen molar-refractivity contribution in [1.82, 2.24) is 9.66 Å². The van der Waals surface area contributed by atoms with Crippen LogP contribution in [0.1, 0.15) is 42.2 Å². The number of methoxy groups -OCH3 is 1. The molecule has 2 heterocycles. The van der Waals surface area contributed by atoms with Crippen LogP contribution in [0.3, 0.4) is 0 Å². The number of thiophene rings is 1. The van der Waals surface area contributed by atoms with Crippen molar-refractivity contribution in [3.63, 3.8) is 0 Å². The summed E-state index contributed by atoms with van der Waals surface area (Å²) in [6.45, 7) is 2.69. The van der Waals surface area contributed by atoms with E-state index in [9.17, 15) is 4.79 Å². The van der Waals surface area contributed by atoms with Crippen LogP contribution in [0.4, 0.5) is 0 Å². The standard InChI is InChI=1S/C21H22IN3O3S/c1-3-8-28-19-15(22)9-13(10-16(19)27-2)11-24-25-12-23-20-18(21(25)26)14-6-4-5-7-17(14)29-20/h9-12H,3-8H2,1-2H3/b24-11-. The monoisotopic (exact) mass is 523 g/mol. The largest absolute Gasteiger partial charge is 0.493 e. The van der Waals surface area contributed by atoms with E-state index in [-0.39, 0.29) is 5.56 Å². The van der Waals surface area contributed by atoms with E-state index in [0.717, 1.165) is 50.8 Å². The molecule has 3 aromatic rings. The van der Waals surface area contributed by atoms with E-state index in [4.69, 9.17) is 9.47 Å². The van der Waals surface area contributed by atoms with Gasteiger partial charge in [-0.1, -0.05) is 6.92 Å². The number of rotatable bonds is 6. The number of aromatic nitrogens is 2. The number of nitrogens with zero attached hydrogens (tertiary/aromatic N) is 3. The fraction of sp³-hybridized carbons (Fsp3) is 0.381. The lowest BCUT2D eigenvalue weighted by atomic mass is 9.97. The molecule has 0 bridgehead atoms. The molecule has 0 radical (unpaired) electrons. The van der Waals surface area contributed by atoms with Crippen LogP contribution in [0.5, 0.6) is 11.5 Å². The van der Waals surface area contributed by atoms with Crippen molar-refractivity contribution in [2.24, 2.45) is 5.10 Å². The summed E-state index contributed by atoms with van der Waals surface area (Å²) in [6.07, 6.45) is 8.39. The van der Waals surface area contributed by atoms with Crippen LogP contribution >= 0.6 is 33.9 Å². The summed E-state index contributed by atoms with van der Waals surface area (Å²) >= 11 is 3.87. The molecule has 0 N–H and O–H groups in total. The Hall–Kier alpha value is -1.94. The SMILES string of the molecule is CCCOc1c(I)cc(/C=N\n2cnc3sc4c(c3c2=O)CCCC4)cc1OC. The van der Waals surface area contributed by atoms with Crippen molar-refractivity contribution in [3.8, 4) is 11.5 Å². The maximum absolute atomic E-state index is 13.0. The Morgan fingerprint density at radius 3 is 2.97 bits per heavy atom. The number of benzene rings is 1. The molecule has 0 spiro atoms. The predicted molar refractivity (Wildman–Crippen MR) is 125 cm³/mol. The highest BCUT2D eigenvalue weighted by Gasteiger charge is 2.20. The number of halogens is 1. The number of hydrogen-bond acceptors (Lipinski definition) is 6. The Labute approximate surface area is 186 Å². The van der Waals surface area contributed by atoms with Gasteiger partial charge in [-0.25, -0.2) is 4.98 Å². The quantitative estimate of drug-likeness (QED) is 0.350. The third kappa shape index (κ3) is 4.05. The van der Waals surface area contributed by atoms with Gasteiger partial charge in [0.15, 0.2) is 11.5 Å². The number of fused-ring (bicyclic) bond motifs is 3. The van der Waals surface area contributed by atoms with E-state index in [1.807, 2.05) is 12.1 Å². The van der Waals surface area contributed by atoms with Gasteiger partial charge in [0, 0.05) is 4.88 Å². The molecule has 1 aromatic carbocycles. The van der Waals surface area contributed by atoms with Crippen molar-refractivity contribution in [2.45, 2.75) is 39.0 Å². The zero-order valence-electron chi connectivity index (χ0n) is 16.4. The molecule has 0 aliphatic heterocycles. The lowest BCUT2D eigenvalue weighted by Crippen LogP contribution is -2.18. The average molecular weight is 523 g/mol. The lowest BCUT2D eigenvalue weighted by molar-refractivity contribution is 0.292. The highest BCUT2D eigenvalue weighted by Crippen LogP contribution is 2.34. The van der Waals surface area contributed by atoms with Crippen molar-refractivity contribution in [1.29, 1.82) is 0 Å². The Morgan fingerprint density at radius 2 is 2.17 bits per heavy atom. The minimum atomic E-state index is -0.102. The molecule has 0 saturated carbocycles. The molecule has 4 rings (SSSR count). The maximum atomic E-state index is 13.0. The molecule has 0 atom stereocenters. The van der Waals surface area contributed by atoms with Crippen molar-refractivity contribution in [3.05, 3.63) is 48.4 Å². The molecule has 1 aliphatic carbocycles. The summed E-state index contributed by atoms with van der Waals surface area (Å²) in [7, 11) is 1.62. The average Bonchev–Trinajstić information content (AvgIpc) is 3.11. The molecule has 0 amide bonds. The summed E-state index contributed by atoms with van der Waals surface area (Å²) in [5, 5.41) is 5.12. The molecule has 29 heavy (non-hydrogen) atoms. The van der Waals surface area contributed by atoms with E-state index < -0.39 is 0 Å². The van der Waals surface area contributed by atoms with Gasteiger partial charge in [-0.3, -0.25) is 4.79 Å². The Kier molecular flexibility index (Phi) is 6.19. The number of aryl methyl sites for hydroxylation is 2. The van der Waals surface area contributed by atoms with Crippen LogP contribution in [0.25, 0.3) is 10.2 Å². The summed E-state index contributed by atoms with van der Waals surface area (Å²) < 4.78 is 13.5. The van der Waals surface area contributed by atoms with Gasteiger partial charge in [-0.2, -0.15) is 9.78 Å². The summed E-state index contributed by atoms with van der Waals surface area (Å²) in [5.74, 6) is 1.39. The first kappa shape index (κ1) is 20.3. The highest BCUT2D eigenvalue weighted by atomic mass is 127. The summed E-state index contributed by atoms with van der Waals surface area (Å²) in [4.78, 5) is 19.6. The van der Waals surface area contributed by atoms with Gasteiger partial charge in [0.25, 0.3) is 5.56 Å². The molecular weight excluding hydrogens is 501 g/mol. The van der Waals surface area contributed by atoms with E-state index >= 15 is 0 Å². The van der Waals surface area contributed by atoms with E-state index in [2.05, 4.69) is 39.6 Å². The van der Waals surface area contributed by atoms with Crippen LogP contribution < -0.4 is 15.0 Å². The highest BCUT2D eigenvalue weighted by molar-refractivity contribution is 14.1. The van der Waals surface area contributed by atoms with E-state index in [1.165, 1.54) is 27.9 Å². The van der Waals surface area contributed by atoms with E-state index in [0.29, 0.717) is 12.4 Å². The first-order chi connectivity index (χ1) is 14.1. The third-order valence-corrected chi connectivity index (χ3v) is 6.89. The second kappa shape index (κ2) is 8.83. The van der Waals surface area contributed by atoms with Crippen LogP contribution in [0, 0.1) is 3.57 Å². The second-order valence-corrected chi connectivity index (χ2v) is 9.16. The molecule has 0 fully saturated rings. The maximum Gasteiger partial charge on any atom is 0.282 e. The van der Waals surface area contributed by atoms with Crippen LogP contribution in [-0.4, -0.2) is 29.6 Å². The van der Waals surface area contributed by atoms with Gasteiger partial charge in [0.2, 0.25) is 0 Å². The predicted octanol–water partition coefficient (Wildman–Crippen LogP) is 4.62. The Bertz CT molecular complexity index is 1140. The Balaban J connectivity index is 1.69. The number of hydrogen-bond donors (Lipinski definition) is 0. The minimum Gasteiger partial charge on any atom is -0.493 e. The van der Waals surface area contributed by atoms with Crippen LogP contribution in [0.2, 0.25) is 0 Å². The van der Waals surface area contributed by atoms with Crippen LogP contribution in [-0.2, 0) is 12.8 Å². The fourth-order valence-corrected chi connectivity index (χ4v) is 5.51. The summed E-state index contributed by atoms with van der Waals surface area (Å²) in [5.41, 5.74) is 1.90. The zero-order valence-corrected chi connectivity index (χ0v) is 19.4. The smallest absolute Gasteiger partial charge is 0.282 e.